The van der Waals surface area contributed by atoms with Crippen molar-refractivity contribution in [1.29, 1.82) is 0 Å². The molecular formula is C29H23N3S2. The molecule has 0 amide bonds. The number of fused-ring (bicyclic) bond motifs is 1. The minimum absolute atomic E-state index is 0.281. The van der Waals surface area contributed by atoms with Gasteiger partial charge in [0.05, 0.1) is 17.4 Å². The number of thiophene rings is 1. The van der Waals surface area contributed by atoms with Crippen LogP contribution in [0.2, 0.25) is 0 Å². The van der Waals surface area contributed by atoms with Crippen LogP contribution in [0.25, 0.3) is 5.57 Å². The fourth-order valence-electron chi connectivity index (χ4n) is 4.76. The van der Waals surface area contributed by atoms with E-state index in [9.17, 15) is 0 Å². The van der Waals surface area contributed by atoms with Gasteiger partial charge in [-0.25, -0.2) is 0 Å². The van der Waals surface area contributed by atoms with E-state index in [1.165, 1.54) is 27.7 Å². The van der Waals surface area contributed by atoms with E-state index in [1.807, 2.05) is 0 Å². The van der Waals surface area contributed by atoms with Crippen molar-refractivity contribution in [2.75, 3.05) is 4.90 Å². The molecule has 0 N–H and O–H groups in total. The summed E-state index contributed by atoms with van der Waals surface area (Å²) in [6.07, 6.45) is 2.37. The summed E-state index contributed by atoms with van der Waals surface area (Å²) >= 11 is 3.12. The zero-order chi connectivity index (χ0) is 22.9. The molecule has 2 heterocycles. The summed E-state index contributed by atoms with van der Waals surface area (Å²) in [6, 6.07) is 34.1. The Morgan fingerprint density at radius 2 is 1.35 bits per heavy atom. The second kappa shape index (κ2) is 9.01. The van der Waals surface area contributed by atoms with Crippen LogP contribution in [0, 0.1) is 5.92 Å². The molecule has 3 aromatic carbocycles. The maximum atomic E-state index is 4.73. The van der Waals surface area contributed by atoms with Gasteiger partial charge in [0, 0.05) is 33.4 Å². The molecule has 0 bridgehead atoms. The van der Waals surface area contributed by atoms with E-state index in [1.54, 1.807) is 11.3 Å². The Labute approximate surface area is 208 Å². The zero-order valence-electron chi connectivity index (χ0n) is 18.7. The summed E-state index contributed by atoms with van der Waals surface area (Å²) < 4.78 is 9.45. The molecule has 2 aromatic heterocycles. The third kappa shape index (κ3) is 3.77. The normalized spacial score (nSPS) is 17.1. The molecule has 5 aromatic rings. The smallest absolute Gasteiger partial charge is 0.108 e. The lowest BCUT2D eigenvalue weighted by molar-refractivity contribution is 0.613. The average Bonchev–Trinajstić information content (AvgIpc) is 3.59. The Kier molecular flexibility index (Phi) is 5.57. The van der Waals surface area contributed by atoms with Crippen molar-refractivity contribution >= 4 is 45.7 Å². The fraction of sp³-hybridized carbons (Fsp3) is 0.103. The van der Waals surface area contributed by atoms with Gasteiger partial charge >= 0.3 is 0 Å². The first-order chi connectivity index (χ1) is 16.8. The zero-order valence-corrected chi connectivity index (χ0v) is 20.3. The maximum absolute atomic E-state index is 4.73. The van der Waals surface area contributed by atoms with Crippen LogP contribution in [0.5, 0.6) is 0 Å². The van der Waals surface area contributed by atoms with Gasteiger partial charge in [-0.15, -0.1) is 11.3 Å². The Bertz CT molecular complexity index is 1370. The lowest BCUT2D eigenvalue weighted by Gasteiger charge is -2.27. The Morgan fingerprint density at radius 1 is 0.706 bits per heavy atom. The van der Waals surface area contributed by atoms with Crippen molar-refractivity contribution in [2.45, 2.75) is 12.8 Å². The van der Waals surface area contributed by atoms with Crippen molar-refractivity contribution in [3.8, 4) is 0 Å². The van der Waals surface area contributed by atoms with E-state index < -0.39 is 0 Å². The summed E-state index contributed by atoms with van der Waals surface area (Å²) in [7, 11) is 0. The number of nitrogens with zero attached hydrogens (tertiary/aromatic N) is 3. The number of anilines is 3. The minimum Gasteiger partial charge on any atom is -0.311 e. The van der Waals surface area contributed by atoms with Gasteiger partial charge in [-0.3, -0.25) is 0 Å². The van der Waals surface area contributed by atoms with Gasteiger partial charge < -0.3 is 4.90 Å². The third-order valence-electron chi connectivity index (χ3n) is 6.33. The molecular weight excluding hydrogens is 454 g/mol. The number of aromatic nitrogens is 2. The van der Waals surface area contributed by atoms with Crippen molar-refractivity contribution in [3.63, 3.8) is 0 Å². The number of para-hydroxylation sites is 2. The van der Waals surface area contributed by atoms with E-state index in [2.05, 4.69) is 120 Å². The summed E-state index contributed by atoms with van der Waals surface area (Å²) in [5.74, 6) is 0.637. The second-order valence-corrected chi connectivity index (χ2v) is 9.99. The van der Waals surface area contributed by atoms with E-state index in [-0.39, 0.29) is 5.92 Å². The molecule has 34 heavy (non-hydrogen) atoms. The van der Waals surface area contributed by atoms with Gasteiger partial charge in [-0.1, -0.05) is 67.6 Å². The molecule has 2 unspecified atom stereocenters. The number of hydrogen-bond donors (Lipinski definition) is 0. The first-order valence-electron chi connectivity index (χ1n) is 11.4. The van der Waals surface area contributed by atoms with Crippen LogP contribution in [-0.4, -0.2) is 8.75 Å². The second-order valence-electron chi connectivity index (χ2n) is 8.48. The van der Waals surface area contributed by atoms with Gasteiger partial charge in [0.2, 0.25) is 0 Å². The first-order valence-corrected chi connectivity index (χ1v) is 13.0. The first kappa shape index (κ1) is 21.0. The van der Waals surface area contributed by atoms with Gasteiger partial charge in [0.1, 0.15) is 5.69 Å². The Balaban J connectivity index is 1.38. The molecule has 5 heteroatoms. The van der Waals surface area contributed by atoms with Crippen molar-refractivity contribution in [2.24, 2.45) is 5.92 Å². The summed E-state index contributed by atoms with van der Waals surface area (Å²) in [5, 5.41) is 2.14. The van der Waals surface area contributed by atoms with Gasteiger partial charge in [-0.2, -0.15) is 8.75 Å². The van der Waals surface area contributed by atoms with Crippen molar-refractivity contribution < 1.29 is 0 Å². The number of allylic oxidation sites excluding steroid dienone is 1. The lowest BCUT2D eigenvalue weighted by atomic mass is 9.79. The fourth-order valence-corrected chi connectivity index (χ4v) is 6.31. The minimum atomic E-state index is 0.281. The van der Waals surface area contributed by atoms with Crippen LogP contribution in [0.3, 0.4) is 0 Å². The highest BCUT2D eigenvalue weighted by molar-refractivity contribution is 7.10. The average molecular weight is 478 g/mol. The van der Waals surface area contributed by atoms with Crippen LogP contribution in [0.15, 0.2) is 109 Å². The highest BCUT2D eigenvalue weighted by Gasteiger charge is 2.33. The molecule has 1 aliphatic rings. The van der Waals surface area contributed by atoms with Crippen LogP contribution in [-0.2, 0) is 0 Å². The van der Waals surface area contributed by atoms with E-state index >= 15 is 0 Å². The topological polar surface area (TPSA) is 29.0 Å². The van der Waals surface area contributed by atoms with Crippen LogP contribution in [0.4, 0.5) is 17.1 Å². The van der Waals surface area contributed by atoms with Crippen molar-refractivity contribution in [3.05, 3.63) is 130 Å². The van der Waals surface area contributed by atoms with Crippen LogP contribution in [0.1, 0.15) is 34.7 Å². The highest BCUT2D eigenvalue weighted by Crippen LogP contribution is 2.45. The highest BCUT2D eigenvalue weighted by atomic mass is 32.1. The molecule has 2 atom stereocenters. The standard InChI is InChI=1S/C29H23N3S2/c1-20-19-25(28-29(31-34-30-28)27(20)26-13-8-18-33-26)21-14-16-24(17-15-21)32(22-9-4-2-5-10-22)23-11-6-3-7-12-23/h2-20,27H,1H3. The Hall–Kier alpha value is -3.54. The van der Waals surface area contributed by atoms with E-state index in [0.717, 1.165) is 28.5 Å². The predicted octanol–water partition coefficient (Wildman–Crippen LogP) is 8.28. The van der Waals surface area contributed by atoms with E-state index in [4.69, 9.17) is 8.75 Å². The number of hydrogen-bond acceptors (Lipinski definition) is 5. The molecule has 3 nitrogen and oxygen atoms in total. The molecule has 0 radical (unpaired) electrons. The maximum Gasteiger partial charge on any atom is 0.108 e. The molecule has 1 aliphatic carbocycles. The summed E-state index contributed by atoms with van der Waals surface area (Å²) in [4.78, 5) is 3.64. The van der Waals surface area contributed by atoms with Crippen LogP contribution < -0.4 is 4.90 Å². The quantitative estimate of drug-likeness (QED) is 0.255. The predicted molar refractivity (Wildman–Crippen MR) is 143 cm³/mol. The molecule has 0 saturated carbocycles. The largest absolute Gasteiger partial charge is 0.311 e. The monoisotopic (exact) mass is 477 g/mol. The molecule has 0 saturated heterocycles. The van der Waals surface area contributed by atoms with Crippen LogP contribution >= 0.6 is 23.1 Å². The van der Waals surface area contributed by atoms with E-state index in [0.29, 0.717) is 5.92 Å². The summed E-state index contributed by atoms with van der Waals surface area (Å²) in [5.41, 5.74) is 7.89. The van der Waals surface area contributed by atoms with Crippen molar-refractivity contribution in [1.82, 2.24) is 8.75 Å². The number of rotatable bonds is 5. The van der Waals surface area contributed by atoms with Gasteiger partial charge in [-0.05, 0) is 59.3 Å². The molecule has 166 valence electrons. The summed E-state index contributed by atoms with van der Waals surface area (Å²) in [6.45, 7) is 2.29. The third-order valence-corrected chi connectivity index (χ3v) is 7.83. The lowest BCUT2D eigenvalue weighted by Crippen LogP contribution is -2.16. The van der Waals surface area contributed by atoms with Gasteiger partial charge in [0.15, 0.2) is 0 Å². The number of benzene rings is 3. The molecule has 0 fully saturated rings. The molecule has 6 rings (SSSR count). The molecule has 0 aliphatic heterocycles. The SMILES string of the molecule is CC1C=C(c2ccc(N(c3ccccc3)c3ccccc3)cc2)c2nsnc2C1c1cccs1. The Morgan fingerprint density at radius 3 is 1.97 bits per heavy atom. The molecule has 0 spiro atoms. The van der Waals surface area contributed by atoms with Gasteiger partial charge in [0.25, 0.3) is 0 Å².